The molecule has 5 nitrogen and oxygen atoms in total. The van der Waals surface area contributed by atoms with Crippen LogP contribution in [0.3, 0.4) is 0 Å². The Morgan fingerprint density at radius 1 is 1.42 bits per heavy atom. The summed E-state index contributed by atoms with van der Waals surface area (Å²) in [5, 5.41) is 2.57. The van der Waals surface area contributed by atoms with Crippen molar-refractivity contribution in [3.63, 3.8) is 0 Å². The fourth-order valence-electron chi connectivity index (χ4n) is 1.40. The summed E-state index contributed by atoms with van der Waals surface area (Å²) in [4.78, 5) is 11.6. The number of hydrogen-bond acceptors (Lipinski definition) is 4. The van der Waals surface area contributed by atoms with Crippen molar-refractivity contribution in [3.05, 3.63) is 22.7 Å². The molecule has 106 valence electrons. The van der Waals surface area contributed by atoms with E-state index in [4.69, 9.17) is 5.73 Å². The second kappa shape index (κ2) is 6.38. The van der Waals surface area contributed by atoms with Gasteiger partial charge in [-0.15, -0.1) is 0 Å². The van der Waals surface area contributed by atoms with Gasteiger partial charge in [-0.25, -0.2) is 8.42 Å². The van der Waals surface area contributed by atoms with Crippen LogP contribution in [0.25, 0.3) is 0 Å². The van der Waals surface area contributed by atoms with Crippen LogP contribution < -0.4 is 11.1 Å². The third-order valence-corrected chi connectivity index (χ3v) is 4.50. The first-order chi connectivity index (χ1) is 8.72. The summed E-state index contributed by atoms with van der Waals surface area (Å²) in [7, 11) is -3.73. The number of carbonyl (C=O) groups excluding carboxylic acids is 1. The molecule has 1 rings (SSSR count). The lowest BCUT2D eigenvalue weighted by atomic mass is 10.2. The molecule has 0 fully saturated rings. The Morgan fingerprint density at radius 3 is 2.63 bits per heavy atom. The van der Waals surface area contributed by atoms with E-state index < -0.39 is 21.5 Å². The number of benzene rings is 1. The largest absolute Gasteiger partial charge is 0.398 e. The molecular formula is C12H17BrN2O3S. The van der Waals surface area contributed by atoms with Gasteiger partial charge in [-0.3, -0.25) is 4.79 Å². The maximum atomic E-state index is 12.1. The number of hydrogen-bond donors (Lipinski definition) is 2. The first kappa shape index (κ1) is 16.0. The van der Waals surface area contributed by atoms with Gasteiger partial charge in [0.05, 0.1) is 10.6 Å². The molecule has 1 aromatic carbocycles. The number of amides is 1. The molecular weight excluding hydrogens is 332 g/mol. The minimum absolute atomic E-state index is 0.0263. The van der Waals surface area contributed by atoms with Gasteiger partial charge in [0.25, 0.3) is 0 Å². The molecule has 0 radical (unpaired) electrons. The van der Waals surface area contributed by atoms with Crippen molar-refractivity contribution in [3.8, 4) is 0 Å². The molecule has 0 atom stereocenters. The second-order valence-corrected chi connectivity index (χ2v) is 7.51. The highest BCUT2D eigenvalue weighted by molar-refractivity contribution is 9.10. The molecule has 19 heavy (non-hydrogen) atoms. The average molecular weight is 349 g/mol. The molecule has 1 amide bonds. The molecule has 0 aliphatic heterocycles. The Labute approximate surface area is 121 Å². The summed E-state index contributed by atoms with van der Waals surface area (Å²) in [6.45, 7) is 4.31. The van der Waals surface area contributed by atoms with E-state index in [1.807, 2.05) is 13.8 Å². The van der Waals surface area contributed by atoms with E-state index in [2.05, 4.69) is 21.2 Å². The summed E-state index contributed by atoms with van der Waals surface area (Å²) in [6, 6.07) is 4.54. The van der Waals surface area contributed by atoms with Gasteiger partial charge in [-0.2, -0.15) is 0 Å². The Kier molecular flexibility index (Phi) is 5.37. The van der Waals surface area contributed by atoms with Gasteiger partial charge in [-0.1, -0.05) is 29.8 Å². The van der Waals surface area contributed by atoms with Crippen LogP contribution in [-0.4, -0.2) is 26.6 Å². The van der Waals surface area contributed by atoms with E-state index >= 15 is 0 Å². The lowest BCUT2D eigenvalue weighted by molar-refractivity contribution is -0.118. The first-order valence-corrected chi connectivity index (χ1v) is 8.21. The van der Waals surface area contributed by atoms with Crippen LogP contribution in [0.15, 0.2) is 27.6 Å². The smallest absolute Gasteiger partial charge is 0.235 e. The Hall–Kier alpha value is -1.08. The second-order valence-electron chi connectivity index (χ2n) is 4.64. The van der Waals surface area contributed by atoms with E-state index in [0.29, 0.717) is 11.0 Å². The number of nitrogens with two attached hydrogens (primary N) is 1. The maximum absolute atomic E-state index is 12.1. The molecule has 0 saturated carbocycles. The summed E-state index contributed by atoms with van der Waals surface area (Å²) >= 11 is 3.18. The highest BCUT2D eigenvalue weighted by Gasteiger charge is 2.22. The molecule has 3 N–H and O–H groups in total. The maximum Gasteiger partial charge on any atom is 0.235 e. The number of sulfone groups is 1. The van der Waals surface area contributed by atoms with Gasteiger partial charge < -0.3 is 11.1 Å². The van der Waals surface area contributed by atoms with Crippen LogP contribution in [0.5, 0.6) is 0 Å². The van der Waals surface area contributed by atoms with E-state index in [1.165, 1.54) is 12.1 Å². The molecule has 0 spiro atoms. The molecule has 0 saturated heterocycles. The van der Waals surface area contributed by atoms with Gasteiger partial charge in [-0.05, 0) is 24.1 Å². The van der Waals surface area contributed by atoms with Crippen molar-refractivity contribution in [2.45, 2.75) is 18.7 Å². The third-order valence-electron chi connectivity index (χ3n) is 2.34. The van der Waals surface area contributed by atoms with Gasteiger partial charge in [0.15, 0.2) is 9.84 Å². The van der Waals surface area contributed by atoms with Crippen LogP contribution in [0.4, 0.5) is 5.69 Å². The van der Waals surface area contributed by atoms with E-state index in [-0.39, 0.29) is 16.5 Å². The quantitative estimate of drug-likeness (QED) is 0.790. The standard InChI is InChI=1S/C12H17BrN2O3S/c1-8(2)6-15-12(16)7-19(17,18)11-5-9(13)3-4-10(11)14/h3-5,8H,6-7,14H2,1-2H3,(H,15,16). The fraction of sp³-hybridized carbons (Fsp3) is 0.417. The zero-order chi connectivity index (χ0) is 14.6. The van der Waals surface area contributed by atoms with Gasteiger partial charge >= 0.3 is 0 Å². The molecule has 7 heteroatoms. The minimum Gasteiger partial charge on any atom is -0.398 e. The lowest BCUT2D eigenvalue weighted by Gasteiger charge is -2.10. The summed E-state index contributed by atoms with van der Waals surface area (Å²) in [5.74, 6) is -0.851. The zero-order valence-electron chi connectivity index (χ0n) is 10.8. The van der Waals surface area contributed by atoms with Gasteiger partial charge in [0, 0.05) is 11.0 Å². The predicted octanol–water partition coefficient (Wildman–Crippen LogP) is 1.58. The summed E-state index contributed by atoms with van der Waals surface area (Å²) in [6.07, 6.45) is 0. The zero-order valence-corrected chi connectivity index (χ0v) is 13.2. The molecule has 0 aromatic heterocycles. The van der Waals surface area contributed by atoms with Gasteiger partial charge in [0.1, 0.15) is 5.75 Å². The van der Waals surface area contributed by atoms with Crippen LogP contribution in [0, 0.1) is 5.92 Å². The van der Waals surface area contributed by atoms with Crippen molar-refractivity contribution < 1.29 is 13.2 Å². The van der Waals surface area contributed by atoms with E-state index in [1.54, 1.807) is 6.07 Å². The Morgan fingerprint density at radius 2 is 2.05 bits per heavy atom. The number of rotatable bonds is 5. The number of halogens is 1. The van der Waals surface area contributed by atoms with Crippen molar-refractivity contribution in [1.82, 2.24) is 5.32 Å². The number of carbonyl (C=O) groups is 1. The number of anilines is 1. The topological polar surface area (TPSA) is 89.3 Å². The van der Waals surface area contributed by atoms with Crippen molar-refractivity contribution in [2.24, 2.45) is 5.92 Å². The van der Waals surface area contributed by atoms with Crippen LogP contribution in [-0.2, 0) is 14.6 Å². The van der Waals surface area contributed by atoms with Crippen molar-refractivity contribution in [1.29, 1.82) is 0 Å². The average Bonchev–Trinajstić information content (AvgIpc) is 2.29. The Balaban J connectivity index is 2.87. The number of nitrogens with one attached hydrogen (secondary N) is 1. The molecule has 1 aromatic rings. The minimum atomic E-state index is -3.73. The van der Waals surface area contributed by atoms with Crippen LogP contribution >= 0.6 is 15.9 Å². The predicted molar refractivity (Wildman–Crippen MR) is 78.5 cm³/mol. The molecule has 0 aliphatic carbocycles. The first-order valence-electron chi connectivity index (χ1n) is 5.77. The summed E-state index contributed by atoms with van der Waals surface area (Å²) in [5.41, 5.74) is 5.78. The highest BCUT2D eigenvalue weighted by Crippen LogP contribution is 2.23. The lowest BCUT2D eigenvalue weighted by Crippen LogP contribution is -2.33. The number of nitrogen functional groups attached to an aromatic ring is 1. The van der Waals surface area contributed by atoms with E-state index in [0.717, 1.165) is 0 Å². The monoisotopic (exact) mass is 348 g/mol. The van der Waals surface area contributed by atoms with E-state index in [9.17, 15) is 13.2 Å². The molecule has 0 unspecified atom stereocenters. The van der Waals surface area contributed by atoms with Crippen molar-refractivity contribution >= 4 is 37.4 Å². The Bertz CT molecular complexity index is 570. The van der Waals surface area contributed by atoms with Crippen LogP contribution in [0.1, 0.15) is 13.8 Å². The van der Waals surface area contributed by atoms with Gasteiger partial charge in [0.2, 0.25) is 5.91 Å². The molecule has 0 heterocycles. The SMILES string of the molecule is CC(C)CNC(=O)CS(=O)(=O)c1cc(Br)ccc1N. The molecule has 0 bridgehead atoms. The molecule has 0 aliphatic rings. The normalized spacial score (nSPS) is 11.6. The highest BCUT2D eigenvalue weighted by atomic mass is 79.9. The fourth-order valence-corrected chi connectivity index (χ4v) is 3.25. The van der Waals surface area contributed by atoms with Crippen molar-refractivity contribution in [2.75, 3.05) is 18.0 Å². The third kappa shape index (κ3) is 4.83. The van der Waals surface area contributed by atoms with Crippen LogP contribution in [0.2, 0.25) is 0 Å². The summed E-state index contributed by atoms with van der Waals surface area (Å²) < 4.78 is 24.8.